The van der Waals surface area contributed by atoms with Crippen LogP contribution in [0.3, 0.4) is 0 Å². The molecule has 0 saturated carbocycles. The maximum absolute atomic E-state index is 12.6. The zero-order chi connectivity index (χ0) is 17.3. The van der Waals surface area contributed by atoms with Crippen LogP contribution in [0.4, 0.5) is 0 Å². The number of aliphatic carboxylic acids is 1. The number of carboxylic acid groups (broad SMARTS) is 1. The summed E-state index contributed by atoms with van der Waals surface area (Å²) in [5, 5.41) is 9.21. The van der Waals surface area contributed by atoms with Crippen LogP contribution < -0.4 is 11.2 Å². The fraction of sp³-hybridized carbons (Fsp3) is 0.353. The standard InChI is InChI=1S/C17H20N2O4/c1-5-18-15(20)14(13-8-6-7-10(2)11(13)3)9-19(17(18)23)12(4)16(21)22/h6-9,12H,5H2,1-4H3,(H,21,22). The average Bonchev–Trinajstić information content (AvgIpc) is 2.50. The zero-order valence-electron chi connectivity index (χ0n) is 13.7. The van der Waals surface area contributed by atoms with Crippen molar-refractivity contribution in [2.45, 2.75) is 40.3 Å². The Hall–Kier alpha value is -2.63. The molecule has 0 bridgehead atoms. The highest BCUT2D eigenvalue weighted by Gasteiger charge is 2.20. The van der Waals surface area contributed by atoms with E-state index in [0.717, 1.165) is 20.3 Å². The highest BCUT2D eigenvalue weighted by molar-refractivity contribution is 5.72. The molecule has 122 valence electrons. The Kier molecular flexibility index (Phi) is 4.54. The topological polar surface area (TPSA) is 81.3 Å². The van der Waals surface area contributed by atoms with Gasteiger partial charge in [-0.3, -0.25) is 13.9 Å². The molecular formula is C17H20N2O4. The van der Waals surface area contributed by atoms with Crippen LogP contribution >= 0.6 is 0 Å². The third kappa shape index (κ3) is 2.84. The fourth-order valence-electron chi connectivity index (χ4n) is 2.52. The molecule has 0 saturated heterocycles. The summed E-state index contributed by atoms with van der Waals surface area (Å²) in [6.07, 6.45) is 1.36. The second-order valence-electron chi connectivity index (χ2n) is 5.54. The van der Waals surface area contributed by atoms with Crippen molar-refractivity contribution >= 4 is 5.97 Å². The molecule has 1 aromatic heterocycles. The molecule has 0 fully saturated rings. The summed E-state index contributed by atoms with van der Waals surface area (Å²) >= 11 is 0. The van der Waals surface area contributed by atoms with Gasteiger partial charge in [-0.2, -0.15) is 0 Å². The molecule has 1 N–H and O–H groups in total. The Labute approximate surface area is 133 Å². The fourth-order valence-corrected chi connectivity index (χ4v) is 2.52. The van der Waals surface area contributed by atoms with E-state index in [1.807, 2.05) is 26.0 Å². The van der Waals surface area contributed by atoms with Crippen molar-refractivity contribution in [3.05, 3.63) is 56.4 Å². The molecule has 2 rings (SSSR count). The van der Waals surface area contributed by atoms with Crippen molar-refractivity contribution < 1.29 is 9.90 Å². The van der Waals surface area contributed by atoms with Gasteiger partial charge in [0.05, 0.1) is 5.56 Å². The number of carboxylic acids is 1. The van der Waals surface area contributed by atoms with E-state index in [1.165, 1.54) is 13.1 Å². The first-order valence-corrected chi connectivity index (χ1v) is 7.45. The Morgan fingerprint density at radius 2 is 1.87 bits per heavy atom. The highest BCUT2D eigenvalue weighted by atomic mass is 16.4. The number of hydrogen-bond acceptors (Lipinski definition) is 3. The normalized spacial score (nSPS) is 12.2. The van der Waals surface area contributed by atoms with Gasteiger partial charge in [0.1, 0.15) is 6.04 Å². The molecule has 0 spiro atoms. The number of carbonyl (C=O) groups is 1. The summed E-state index contributed by atoms with van der Waals surface area (Å²) < 4.78 is 2.17. The molecule has 0 aliphatic rings. The van der Waals surface area contributed by atoms with E-state index in [0.29, 0.717) is 11.1 Å². The molecule has 6 heteroatoms. The summed E-state index contributed by atoms with van der Waals surface area (Å²) in [6, 6.07) is 4.53. The van der Waals surface area contributed by atoms with E-state index < -0.39 is 23.3 Å². The van der Waals surface area contributed by atoms with Crippen molar-refractivity contribution in [1.82, 2.24) is 9.13 Å². The lowest BCUT2D eigenvalue weighted by atomic mass is 9.99. The first kappa shape index (κ1) is 16.7. The molecule has 2 aromatic rings. The van der Waals surface area contributed by atoms with Gasteiger partial charge in [-0.25, -0.2) is 9.59 Å². The predicted octanol–water partition coefficient (Wildman–Crippen LogP) is 1.96. The molecule has 6 nitrogen and oxygen atoms in total. The lowest BCUT2D eigenvalue weighted by Gasteiger charge is -2.16. The van der Waals surface area contributed by atoms with Crippen LogP contribution in [-0.4, -0.2) is 20.2 Å². The van der Waals surface area contributed by atoms with Gasteiger partial charge in [-0.1, -0.05) is 18.2 Å². The average molecular weight is 316 g/mol. The van der Waals surface area contributed by atoms with Gasteiger partial charge < -0.3 is 5.11 Å². The first-order valence-electron chi connectivity index (χ1n) is 7.45. The molecule has 23 heavy (non-hydrogen) atoms. The number of rotatable bonds is 4. The molecule has 0 aliphatic carbocycles. The lowest BCUT2D eigenvalue weighted by Crippen LogP contribution is -2.42. The minimum Gasteiger partial charge on any atom is -0.480 e. The van der Waals surface area contributed by atoms with Crippen LogP contribution in [0, 0.1) is 13.8 Å². The minimum absolute atomic E-state index is 0.183. The summed E-state index contributed by atoms with van der Waals surface area (Å²) in [4.78, 5) is 36.3. The molecule has 1 aromatic carbocycles. The second-order valence-corrected chi connectivity index (χ2v) is 5.54. The van der Waals surface area contributed by atoms with Crippen LogP contribution in [0.25, 0.3) is 11.1 Å². The molecule has 1 atom stereocenters. The summed E-state index contributed by atoms with van der Waals surface area (Å²) in [5.74, 6) is -1.12. The predicted molar refractivity (Wildman–Crippen MR) is 87.9 cm³/mol. The SMILES string of the molecule is CCn1c(=O)c(-c2cccc(C)c2C)cn(C(C)C(=O)O)c1=O. The molecule has 0 aliphatic heterocycles. The van der Waals surface area contributed by atoms with Crippen LogP contribution in [0.1, 0.15) is 31.0 Å². The molecular weight excluding hydrogens is 296 g/mol. The van der Waals surface area contributed by atoms with Gasteiger partial charge in [-0.15, -0.1) is 0 Å². The summed E-state index contributed by atoms with van der Waals surface area (Å²) in [6.45, 7) is 7.12. The summed E-state index contributed by atoms with van der Waals surface area (Å²) in [7, 11) is 0. The number of nitrogens with zero attached hydrogens (tertiary/aromatic N) is 2. The number of hydrogen-bond donors (Lipinski definition) is 1. The number of aryl methyl sites for hydroxylation is 1. The second kappa shape index (κ2) is 6.24. The Morgan fingerprint density at radius 3 is 2.43 bits per heavy atom. The highest BCUT2D eigenvalue weighted by Crippen LogP contribution is 2.22. The van der Waals surface area contributed by atoms with Crippen molar-refractivity contribution in [3.63, 3.8) is 0 Å². The Balaban J connectivity index is 2.87. The van der Waals surface area contributed by atoms with E-state index in [1.54, 1.807) is 13.0 Å². The van der Waals surface area contributed by atoms with Crippen molar-refractivity contribution in [2.75, 3.05) is 0 Å². The molecule has 1 heterocycles. The van der Waals surface area contributed by atoms with Crippen molar-refractivity contribution in [2.24, 2.45) is 0 Å². The Bertz CT molecular complexity index is 877. The van der Waals surface area contributed by atoms with Crippen molar-refractivity contribution in [3.8, 4) is 11.1 Å². The number of benzene rings is 1. The first-order chi connectivity index (χ1) is 10.8. The van der Waals surface area contributed by atoms with Gasteiger partial charge in [-0.05, 0) is 44.4 Å². The smallest absolute Gasteiger partial charge is 0.331 e. The monoisotopic (exact) mass is 316 g/mol. The van der Waals surface area contributed by atoms with Crippen LogP contribution in [-0.2, 0) is 11.3 Å². The maximum atomic E-state index is 12.6. The van der Waals surface area contributed by atoms with E-state index >= 15 is 0 Å². The third-order valence-electron chi connectivity index (χ3n) is 4.18. The van der Waals surface area contributed by atoms with Gasteiger partial charge in [0.25, 0.3) is 5.56 Å². The molecule has 1 unspecified atom stereocenters. The van der Waals surface area contributed by atoms with Crippen LogP contribution in [0.2, 0.25) is 0 Å². The van der Waals surface area contributed by atoms with Gasteiger partial charge in [0.2, 0.25) is 0 Å². The largest absolute Gasteiger partial charge is 0.480 e. The van der Waals surface area contributed by atoms with E-state index in [9.17, 15) is 19.5 Å². The maximum Gasteiger partial charge on any atom is 0.331 e. The zero-order valence-corrected chi connectivity index (χ0v) is 13.7. The van der Waals surface area contributed by atoms with E-state index in [2.05, 4.69) is 0 Å². The molecule has 0 radical (unpaired) electrons. The molecule has 0 amide bonds. The summed E-state index contributed by atoms with van der Waals surface area (Å²) in [5.41, 5.74) is 1.99. The number of aromatic nitrogens is 2. The van der Waals surface area contributed by atoms with Crippen LogP contribution in [0.15, 0.2) is 34.0 Å². The van der Waals surface area contributed by atoms with Gasteiger partial charge >= 0.3 is 11.7 Å². The lowest BCUT2D eigenvalue weighted by molar-refractivity contribution is -0.140. The Morgan fingerprint density at radius 1 is 1.22 bits per heavy atom. The quantitative estimate of drug-likeness (QED) is 0.935. The third-order valence-corrected chi connectivity index (χ3v) is 4.18. The van der Waals surface area contributed by atoms with Gasteiger partial charge in [0, 0.05) is 12.7 Å². The van der Waals surface area contributed by atoms with Crippen LogP contribution in [0.5, 0.6) is 0 Å². The van der Waals surface area contributed by atoms with E-state index in [-0.39, 0.29) is 6.54 Å². The van der Waals surface area contributed by atoms with E-state index in [4.69, 9.17) is 0 Å². The van der Waals surface area contributed by atoms with Crippen molar-refractivity contribution in [1.29, 1.82) is 0 Å². The van der Waals surface area contributed by atoms with Gasteiger partial charge in [0.15, 0.2) is 0 Å². The minimum atomic E-state index is -1.12.